The van der Waals surface area contributed by atoms with Gasteiger partial charge >= 0.3 is 0 Å². The summed E-state index contributed by atoms with van der Waals surface area (Å²) in [5, 5.41) is 3.47. The average molecular weight is 140 g/mol. The predicted molar refractivity (Wildman–Crippen MR) is 42.1 cm³/mol. The molecule has 2 aliphatic rings. The smallest absolute Gasteiger partial charge is 0.0343 e. The van der Waals surface area contributed by atoms with Crippen molar-refractivity contribution in [3.05, 3.63) is 0 Å². The molecule has 2 saturated heterocycles. The summed E-state index contributed by atoms with van der Waals surface area (Å²) >= 11 is 0. The molecule has 2 heteroatoms. The van der Waals surface area contributed by atoms with Crippen LogP contribution >= 0.6 is 0 Å². The van der Waals surface area contributed by atoms with Gasteiger partial charge in [0.1, 0.15) is 0 Å². The Balaban J connectivity index is 1.99. The van der Waals surface area contributed by atoms with Crippen molar-refractivity contribution in [3.63, 3.8) is 0 Å². The van der Waals surface area contributed by atoms with Gasteiger partial charge in [0.2, 0.25) is 0 Å². The summed E-state index contributed by atoms with van der Waals surface area (Å²) in [6.45, 7) is 3.76. The van der Waals surface area contributed by atoms with Crippen LogP contribution in [0.3, 0.4) is 0 Å². The maximum atomic E-state index is 3.47. The number of nitrogens with one attached hydrogen (secondary N) is 1. The number of piperidine rings is 1. The third kappa shape index (κ3) is 0.789. The minimum absolute atomic E-state index is 0.582. The van der Waals surface area contributed by atoms with Crippen LogP contribution in [0, 0.1) is 0 Å². The molecule has 2 fully saturated rings. The second kappa shape index (κ2) is 2.21. The first-order valence-corrected chi connectivity index (χ1v) is 4.25. The summed E-state index contributed by atoms with van der Waals surface area (Å²) in [6.07, 6.45) is 4.19. The normalized spacial score (nSPS) is 41.7. The minimum atomic E-state index is 0.582. The summed E-state index contributed by atoms with van der Waals surface area (Å²) in [4.78, 5) is 2.50. The maximum Gasteiger partial charge on any atom is 0.0343 e. The molecule has 2 nitrogen and oxygen atoms in total. The molecule has 58 valence electrons. The number of nitrogens with zero attached hydrogens (tertiary/aromatic N) is 1. The van der Waals surface area contributed by atoms with Crippen molar-refractivity contribution >= 4 is 0 Å². The fourth-order valence-corrected chi connectivity index (χ4v) is 2.14. The molecular weight excluding hydrogens is 124 g/mol. The Labute approximate surface area is 62.6 Å². The highest BCUT2D eigenvalue weighted by Crippen LogP contribution is 2.34. The van der Waals surface area contributed by atoms with Crippen molar-refractivity contribution in [1.29, 1.82) is 0 Å². The van der Waals surface area contributed by atoms with Crippen LogP contribution in [0.2, 0.25) is 0 Å². The molecule has 0 bridgehead atoms. The van der Waals surface area contributed by atoms with E-state index in [0.29, 0.717) is 5.54 Å². The highest BCUT2D eigenvalue weighted by atomic mass is 15.3. The zero-order chi connectivity index (χ0) is 7.03. The molecule has 2 heterocycles. The van der Waals surface area contributed by atoms with Gasteiger partial charge in [-0.05, 0) is 32.9 Å². The van der Waals surface area contributed by atoms with Crippen molar-refractivity contribution < 1.29 is 0 Å². The highest BCUT2D eigenvalue weighted by Gasteiger charge is 2.42. The van der Waals surface area contributed by atoms with E-state index in [0.717, 1.165) is 0 Å². The van der Waals surface area contributed by atoms with Gasteiger partial charge in [-0.1, -0.05) is 0 Å². The first-order chi connectivity index (χ1) is 4.83. The quantitative estimate of drug-likeness (QED) is 0.525. The van der Waals surface area contributed by atoms with E-state index >= 15 is 0 Å². The van der Waals surface area contributed by atoms with Gasteiger partial charge in [0.05, 0.1) is 0 Å². The Morgan fingerprint density at radius 3 is 2.60 bits per heavy atom. The zero-order valence-corrected chi connectivity index (χ0v) is 6.69. The van der Waals surface area contributed by atoms with E-state index in [2.05, 4.69) is 17.3 Å². The topological polar surface area (TPSA) is 15.3 Å². The second-order valence-electron chi connectivity index (χ2n) is 3.68. The molecule has 0 aromatic heterocycles. The molecule has 0 saturated carbocycles. The van der Waals surface area contributed by atoms with Crippen molar-refractivity contribution in [2.24, 2.45) is 0 Å². The van der Waals surface area contributed by atoms with Gasteiger partial charge in [0.15, 0.2) is 0 Å². The third-order valence-corrected chi connectivity index (χ3v) is 3.17. The van der Waals surface area contributed by atoms with Gasteiger partial charge < -0.3 is 5.32 Å². The molecule has 2 rings (SSSR count). The lowest BCUT2D eigenvalue weighted by Gasteiger charge is -2.53. The minimum Gasteiger partial charge on any atom is -0.315 e. The molecule has 0 amide bonds. The summed E-state index contributed by atoms with van der Waals surface area (Å²) in [6, 6.07) is 0. The van der Waals surface area contributed by atoms with Gasteiger partial charge in [-0.25, -0.2) is 0 Å². The molecule has 1 N–H and O–H groups in total. The Bertz CT molecular complexity index is 127. The van der Waals surface area contributed by atoms with E-state index in [-0.39, 0.29) is 0 Å². The SMILES string of the molecule is CN1CCC12CCCNC2. The van der Waals surface area contributed by atoms with Gasteiger partial charge in [-0.2, -0.15) is 0 Å². The molecule has 1 unspecified atom stereocenters. The van der Waals surface area contributed by atoms with Crippen LogP contribution in [-0.4, -0.2) is 37.1 Å². The number of hydrogen-bond acceptors (Lipinski definition) is 2. The number of hydrogen-bond donors (Lipinski definition) is 1. The fraction of sp³-hybridized carbons (Fsp3) is 1.00. The summed E-state index contributed by atoms with van der Waals surface area (Å²) in [7, 11) is 2.25. The first kappa shape index (κ1) is 6.62. The average Bonchev–Trinajstić information content (AvgIpc) is 2.04. The largest absolute Gasteiger partial charge is 0.315 e. The van der Waals surface area contributed by atoms with Crippen LogP contribution in [0.5, 0.6) is 0 Å². The third-order valence-electron chi connectivity index (χ3n) is 3.17. The van der Waals surface area contributed by atoms with Crippen LogP contribution in [0.15, 0.2) is 0 Å². The highest BCUT2D eigenvalue weighted by molar-refractivity contribution is 5.01. The van der Waals surface area contributed by atoms with Gasteiger partial charge in [0.25, 0.3) is 0 Å². The van der Waals surface area contributed by atoms with E-state index in [1.54, 1.807) is 0 Å². The first-order valence-electron chi connectivity index (χ1n) is 4.25. The lowest BCUT2D eigenvalue weighted by atomic mass is 9.79. The van der Waals surface area contributed by atoms with Crippen LogP contribution in [-0.2, 0) is 0 Å². The maximum absolute atomic E-state index is 3.47. The van der Waals surface area contributed by atoms with E-state index in [1.165, 1.54) is 38.9 Å². The van der Waals surface area contributed by atoms with Crippen LogP contribution in [0.4, 0.5) is 0 Å². The summed E-state index contributed by atoms with van der Waals surface area (Å²) in [5.74, 6) is 0. The Hall–Kier alpha value is -0.0800. The molecule has 0 aliphatic carbocycles. The zero-order valence-electron chi connectivity index (χ0n) is 6.69. The lowest BCUT2D eigenvalue weighted by molar-refractivity contribution is -0.00829. The Morgan fingerprint density at radius 2 is 2.30 bits per heavy atom. The van der Waals surface area contributed by atoms with Gasteiger partial charge in [-0.15, -0.1) is 0 Å². The number of rotatable bonds is 0. The van der Waals surface area contributed by atoms with Gasteiger partial charge in [-0.3, -0.25) is 4.90 Å². The van der Waals surface area contributed by atoms with E-state index in [4.69, 9.17) is 0 Å². The van der Waals surface area contributed by atoms with Crippen LogP contribution < -0.4 is 5.32 Å². The summed E-state index contributed by atoms with van der Waals surface area (Å²) in [5.41, 5.74) is 0.582. The Morgan fingerprint density at radius 1 is 1.40 bits per heavy atom. The molecule has 0 aromatic carbocycles. The van der Waals surface area contributed by atoms with Crippen LogP contribution in [0.1, 0.15) is 19.3 Å². The summed E-state index contributed by atoms with van der Waals surface area (Å²) < 4.78 is 0. The van der Waals surface area contributed by atoms with Gasteiger partial charge in [0, 0.05) is 18.6 Å². The molecule has 1 atom stereocenters. The number of likely N-dealkylation sites (tertiary alicyclic amines) is 1. The van der Waals surface area contributed by atoms with E-state index in [9.17, 15) is 0 Å². The number of likely N-dealkylation sites (N-methyl/N-ethyl adjacent to an activating group) is 1. The van der Waals surface area contributed by atoms with Crippen molar-refractivity contribution in [3.8, 4) is 0 Å². The molecule has 0 radical (unpaired) electrons. The van der Waals surface area contributed by atoms with Crippen molar-refractivity contribution in [2.75, 3.05) is 26.7 Å². The van der Waals surface area contributed by atoms with Crippen molar-refractivity contribution in [1.82, 2.24) is 10.2 Å². The fourth-order valence-electron chi connectivity index (χ4n) is 2.14. The standard InChI is InChI=1S/C8H16N2/c1-10-6-4-8(10)3-2-5-9-7-8/h9H,2-7H2,1H3. The van der Waals surface area contributed by atoms with Crippen molar-refractivity contribution in [2.45, 2.75) is 24.8 Å². The molecule has 2 aliphatic heterocycles. The van der Waals surface area contributed by atoms with E-state index in [1.807, 2.05) is 0 Å². The lowest BCUT2D eigenvalue weighted by Crippen LogP contribution is -2.64. The molecule has 0 aromatic rings. The van der Waals surface area contributed by atoms with Crippen LogP contribution in [0.25, 0.3) is 0 Å². The molecule has 10 heavy (non-hydrogen) atoms. The Kier molecular flexibility index (Phi) is 1.46. The predicted octanol–water partition coefficient (Wildman–Crippen LogP) is 0.444. The monoisotopic (exact) mass is 140 g/mol. The molecular formula is C8H16N2. The van der Waals surface area contributed by atoms with E-state index < -0.39 is 0 Å². The molecule has 1 spiro atoms. The second-order valence-corrected chi connectivity index (χ2v) is 3.68.